The van der Waals surface area contributed by atoms with E-state index in [-0.39, 0.29) is 42.1 Å². The fourth-order valence-electron chi connectivity index (χ4n) is 4.86. The molecule has 2 aliphatic rings. The SMILES string of the molecule is CCS(=O)(=O)c1ccc([C@H](COC)NC(=O)c2cnc3c(c2)CN(C[C@H]2CCC(C(F)(F)F)OC2)C3)cc1. The Morgan fingerprint density at radius 2 is 1.97 bits per heavy atom. The largest absolute Gasteiger partial charge is 0.414 e. The molecule has 3 heterocycles. The fraction of sp³-hybridized carbons (Fsp3) is 0.538. The van der Waals surface area contributed by atoms with Crippen LogP contribution in [0.2, 0.25) is 0 Å². The van der Waals surface area contributed by atoms with Crippen LogP contribution in [-0.2, 0) is 32.4 Å². The number of nitrogens with one attached hydrogen (secondary N) is 1. The van der Waals surface area contributed by atoms with Gasteiger partial charge in [-0.2, -0.15) is 13.2 Å². The highest BCUT2D eigenvalue weighted by molar-refractivity contribution is 7.91. The third-order valence-electron chi connectivity index (χ3n) is 7.00. The minimum absolute atomic E-state index is 0.000295. The number of carbonyl (C=O) groups is 1. The molecule has 1 aromatic heterocycles. The van der Waals surface area contributed by atoms with Crippen molar-refractivity contribution in [3.8, 4) is 0 Å². The Balaban J connectivity index is 1.36. The van der Waals surface area contributed by atoms with Crippen LogP contribution in [0.3, 0.4) is 0 Å². The van der Waals surface area contributed by atoms with Gasteiger partial charge < -0.3 is 14.8 Å². The van der Waals surface area contributed by atoms with E-state index in [0.29, 0.717) is 37.2 Å². The van der Waals surface area contributed by atoms with Gasteiger partial charge in [0, 0.05) is 32.9 Å². The lowest BCUT2D eigenvalue weighted by molar-refractivity contribution is -0.236. The number of nitrogens with zero attached hydrogens (tertiary/aromatic N) is 2. The van der Waals surface area contributed by atoms with Crippen molar-refractivity contribution in [2.24, 2.45) is 5.92 Å². The summed E-state index contributed by atoms with van der Waals surface area (Å²) < 4.78 is 73.0. The number of hydrogen-bond acceptors (Lipinski definition) is 7. The molecule has 1 amide bonds. The summed E-state index contributed by atoms with van der Waals surface area (Å²) in [6.07, 6.45) is -4.07. The van der Waals surface area contributed by atoms with Crippen molar-refractivity contribution in [3.63, 3.8) is 0 Å². The molecule has 2 aromatic rings. The number of alkyl halides is 3. The Labute approximate surface area is 220 Å². The van der Waals surface area contributed by atoms with E-state index in [1.54, 1.807) is 25.1 Å². The Kier molecular flexibility index (Phi) is 8.75. The highest BCUT2D eigenvalue weighted by atomic mass is 32.2. The van der Waals surface area contributed by atoms with Crippen LogP contribution in [0.4, 0.5) is 13.2 Å². The Morgan fingerprint density at radius 3 is 2.58 bits per heavy atom. The van der Waals surface area contributed by atoms with Gasteiger partial charge in [0.2, 0.25) is 0 Å². The van der Waals surface area contributed by atoms with Gasteiger partial charge in [0.05, 0.1) is 41.2 Å². The molecule has 1 unspecified atom stereocenters. The van der Waals surface area contributed by atoms with E-state index in [1.807, 2.05) is 0 Å². The lowest BCUT2D eigenvalue weighted by Crippen LogP contribution is -2.40. The van der Waals surface area contributed by atoms with Crippen molar-refractivity contribution in [3.05, 3.63) is 58.9 Å². The normalized spacial score (nSPS) is 21.2. The molecule has 0 bridgehead atoms. The fourth-order valence-corrected chi connectivity index (χ4v) is 5.74. The van der Waals surface area contributed by atoms with Gasteiger partial charge in [0.25, 0.3) is 5.91 Å². The van der Waals surface area contributed by atoms with E-state index in [9.17, 15) is 26.4 Å². The number of benzene rings is 1. The van der Waals surface area contributed by atoms with E-state index in [2.05, 4.69) is 15.2 Å². The molecule has 3 atom stereocenters. The van der Waals surface area contributed by atoms with Gasteiger partial charge in [-0.15, -0.1) is 0 Å². The van der Waals surface area contributed by atoms with E-state index < -0.39 is 28.2 Å². The first kappa shape index (κ1) is 28.5. The van der Waals surface area contributed by atoms with Crippen molar-refractivity contribution in [2.45, 2.75) is 56.1 Å². The van der Waals surface area contributed by atoms with Gasteiger partial charge in [-0.25, -0.2) is 8.42 Å². The van der Waals surface area contributed by atoms with Crippen LogP contribution in [0, 0.1) is 5.92 Å². The number of ether oxygens (including phenoxy) is 2. The molecule has 4 rings (SSSR count). The average Bonchev–Trinajstić information content (AvgIpc) is 3.29. The highest BCUT2D eigenvalue weighted by Gasteiger charge is 2.43. The summed E-state index contributed by atoms with van der Waals surface area (Å²) in [7, 11) is -1.82. The third-order valence-corrected chi connectivity index (χ3v) is 8.75. The summed E-state index contributed by atoms with van der Waals surface area (Å²) in [5.41, 5.74) is 2.83. The van der Waals surface area contributed by atoms with E-state index in [1.165, 1.54) is 25.4 Å². The predicted octanol–water partition coefficient (Wildman–Crippen LogP) is 3.67. The van der Waals surface area contributed by atoms with Gasteiger partial charge in [0.1, 0.15) is 0 Å². The molecule has 12 heteroatoms. The minimum Gasteiger partial charge on any atom is -0.382 e. The zero-order valence-corrected chi connectivity index (χ0v) is 22.1. The minimum atomic E-state index is -4.32. The smallest absolute Gasteiger partial charge is 0.382 e. The van der Waals surface area contributed by atoms with Crippen molar-refractivity contribution in [1.29, 1.82) is 0 Å². The monoisotopic (exact) mass is 555 g/mol. The molecule has 38 heavy (non-hydrogen) atoms. The molecule has 1 N–H and O–H groups in total. The maximum Gasteiger partial charge on any atom is 0.414 e. The van der Waals surface area contributed by atoms with Crippen molar-refractivity contribution >= 4 is 15.7 Å². The lowest BCUT2D eigenvalue weighted by atomic mass is 9.97. The number of amides is 1. The standard InChI is InChI=1S/C26H32F3N3O5S/c1-3-38(34,35)21-7-5-18(6-8-21)23(16-36-2)31-25(33)19-10-20-13-32(14-22(20)30-11-19)12-17-4-9-24(37-15-17)26(27,28)29/h5-8,10-11,17,23-24H,3-4,9,12-16H2,1-2H3,(H,31,33)/t17-,23+,24?/m1/s1. The predicted molar refractivity (Wildman–Crippen MR) is 133 cm³/mol. The van der Waals surface area contributed by atoms with E-state index >= 15 is 0 Å². The van der Waals surface area contributed by atoms with Crippen molar-refractivity contribution in [1.82, 2.24) is 15.2 Å². The second-order valence-corrected chi connectivity index (χ2v) is 12.0. The molecule has 208 valence electrons. The Hall–Kier alpha value is -2.54. The molecule has 0 aliphatic carbocycles. The second-order valence-electron chi connectivity index (χ2n) is 9.76. The quantitative estimate of drug-likeness (QED) is 0.504. The number of pyridine rings is 1. The molecule has 1 fully saturated rings. The third kappa shape index (κ3) is 6.71. The van der Waals surface area contributed by atoms with Crippen LogP contribution in [0.15, 0.2) is 41.4 Å². The molecule has 2 aliphatic heterocycles. The van der Waals surface area contributed by atoms with Gasteiger partial charge in [-0.3, -0.25) is 14.7 Å². The first-order valence-corrected chi connectivity index (χ1v) is 14.2. The molecule has 1 saturated heterocycles. The number of carbonyl (C=O) groups excluding carboxylic acids is 1. The number of hydrogen-bond donors (Lipinski definition) is 1. The topological polar surface area (TPSA) is 97.8 Å². The van der Waals surface area contributed by atoms with E-state index in [4.69, 9.17) is 9.47 Å². The summed E-state index contributed by atoms with van der Waals surface area (Å²) in [4.78, 5) is 19.9. The zero-order valence-electron chi connectivity index (χ0n) is 21.3. The summed E-state index contributed by atoms with van der Waals surface area (Å²) in [5, 5.41) is 2.93. The molecule has 1 aromatic carbocycles. The average molecular weight is 556 g/mol. The molecule has 0 radical (unpaired) electrons. The zero-order chi connectivity index (χ0) is 27.5. The molecular formula is C26H32F3N3O5S. The van der Waals surface area contributed by atoms with Crippen LogP contribution in [0.1, 0.15) is 53.0 Å². The Bertz CT molecular complexity index is 1230. The first-order chi connectivity index (χ1) is 18.0. The van der Waals surface area contributed by atoms with Gasteiger partial charge in [0.15, 0.2) is 15.9 Å². The highest BCUT2D eigenvalue weighted by Crippen LogP contribution is 2.33. The Morgan fingerprint density at radius 1 is 1.24 bits per heavy atom. The number of fused-ring (bicyclic) bond motifs is 1. The van der Waals surface area contributed by atoms with Crippen LogP contribution in [0.5, 0.6) is 0 Å². The molecule has 0 spiro atoms. The number of halogens is 3. The number of methoxy groups -OCH3 is 1. The van der Waals surface area contributed by atoms with Crippen molar-refractivity contribution in [2.75, 3.05) is 32.6 Å². The van der Waals surface area contributed by atoms with Crippen LogP contribution in [0.25, 0.3) is 0 Å². The second kappa shape index (κ2) is 11.7. The van der Waals surface area contributed by atoms with Gasteiger partial charge >= 0.3 is 6.18 Å². The summed E-state index contributed by atoms with van der Waals surface area (Å²) in [6, 6.07) is 7.66. The first-order valence-electron chi connectivity index (χ1n) is 12.5. The van der Waals surface area contributed by atoms with Crippen LogP contribution < -0.4 is 5.32 Å². The van der Waals surface area contributed by atoms with Crippen LogP contribution in [-0.4, -0.2) is 69.1 Å². The summed E-state index contributed by atoms with van der Waals surface area (Å²) in [6.45, 7) is 3.56. The lowest BCUT2D eigenvalue weighted by Gasteiger charge is -2.32. The number of rotatable bonds is 9. The maximum atomic E-state index is 13.1. The summed E-state index contributed by atoms with van der Waals surface area (Å²) in [5.74, 6) is -0.329. The summed E-state index contributed by atoms with van der Waals surface area (Å²) >= 11 is 0. The number of aromatic nitrogens is 1. The van der Waals surface area contributed by atoms with Gasteiger partial charge in [-0.05, 0) is 48.1 Å². The van der Waals surface area contributed by atoms with E-state index in [0.717, 1.165) is 11.3 Å². The number of sulfone groups is 1. The van der Waals surface area contributed by atoms with Crippen molar-refractivity contribution < 1.29 is 35.9 Å². The molecule has 0 saturated carbocycles. The van der Waals surface area contributed by atoms with Crippen LogP contribution >= 0.6 is 0 Å². The molecular weight excluding hydrogens is 523 g/mol. The van der Waals surface area contributed by atoms with Gasteiger partial charge in [-0.1, -0.05) is 19.1 Å². The maximum absolute atomic E-state index is 13.1. The molecule has 8 nitrogen and oxygen atoms in total.